The molecule has 0 bridgehead atoms. The first kappa shape index (κ1) is 24.9. The monoisotopic (exact) mass is 456 g/mol. The average Bonchev–Trinajstić information content (AvgIpc) is 2.74. The van der Waals surface area contributed by atoms with Crippen molar-refractivity contribution in [3.8, 4) is 0 Å². The highest BCUT2D eigenvalue weighted by Crippen LogP contribution is 2.14. The first-order valence-electron chi connectivity index (χ1n) is 10.5. The highest BCUT2D eigenvalue weighted by Gasteiger charge is 2.26. The van der Waals surface area contributed by atoms with Gasteiger partial charge in [-0.25, -0.2) is 13.2 Å². The molecule has 1 fully saturated rings. The Bertz CT molecular complexity index is 931. The largest absolute Gasteiger partial charge is 0.449 e. The van der Waals surface area contributed by atoms with E-state index in [1.807, 2.05) is 13.8 Å². The SMILES string of the molecule is CCN(CC)S(=O)(=O)c1ccc(=O)n(CC(=O)N2CCN(C(=O)OCC(C)C)CC2)c1. The summed E-state index contributed by atoms with van der Waals surface area (Å²) in [4.78, 5) is 40.0. The lowest BCUT2D eigenvalue weighted by Gasteiger charge is -2.34. The third-order valence-corrected chi connectivity index (χ3v) is 7.07. The van der Waals surface area contributed by atoms with E-state index < -0.39 is 21.7 Å². The maximum atomic E-state index is 12.7. The quantitative estimate of drug-likeness (QED) is 0.573. The summed E-state index contributed by atoms with van der Waals surface area (Å²) >= 11 is 0. The molecule has 0 radical (unpaired) electrons. The molecule has 31 heavy (non-hydrogen) atoms. The normalized spacial score (nSPS) is 14.9. The highest BCUT2D eigenvalue weighted by atomic mass is 32.2. The molecule has 0 atom stereocenters. The second kappa shape index (κ2) is 10.8. The molecule has 11 heteroatoms. The van der Waals surface area contributed by atoms with E-state index in [0.717, 1.165) is 10.6 Å². The predicted octanol–water partition coefficient (Wildman–Crippen LogP) is 0.816. The van der Waals surface area contributed by atoms with Crippen LogP contribution in [0.3, 0.4) is 0 Å². The van der Waals surface area contributed by atoms with Crippen molar-refractivity contribution in [2.24, 2.45) is 5.92 Å². The van der Waals surface area contributed by atoms with Crippen LogP contribution < -0.4 is 5.56 Å². The molecule has 2 amide bonds. The van der Waals surface area contributed by atoms with Crippen molar-refractivity contribution in [1.82, 2.24) is 18.7 Å². The van der Waals surface area contributed by atoms with Gasteiger partial charge in [-0.1, -0.05) is 27.7 Å². The second-order valence-corrected chi connectivity index (χ2v) is 9.70. The van der Waals surface area contributed by atoms with Crippen LogP contribution in [0.2, 0.25) is 0 Å². The van der Waals surface area contributed by atoms with Crippen LogP contribution in [0.4, 0.5) is 4.79 Å². The minimum atomic E-state index is -3.74. The number of hydrogen-bond donors (Lipinski definition) is 0. The smallest absolute Gasteiger partial charge is 0.409 e. The van der Waals surface area contributed by atoms with E-state index in [4.69, 9.17) is 4.74 Å². The molecule has 1 aliphatic heterocycles. The fourth-order valence-electron chi connectivity index (χ4n) is 3.21. The van der Waals surface area contributed by atoms with Gasteiger partial charge >= 0.3 is 6.09 Å². The summed E-state index contributed by atoms with van der Waals surface area (Å²) in [5, 5.41) is 0. The number of nitrogens with zero attached hydrogens (tertiary/aromatic N) is 4. The van der Waals surface area contributed by atoms with Gasteiger partial charge in [0.05, 0.1) is 11.5 Å². The van der Waals surface area contributed by atoms with Gasteiger partial charge in [-0.2, -0.15) is 4.31 Å². The number of piperazine rings is 1. The lowest BCUT2D eigenvalue weighted by atomic mass is 10.2. The molecular weight excluding hydrogens is 424 g/mol. The van der Waals surface area contributed by atoms with Crippen molar-refractivity contribution >= 4 is 22.0 Å². The van der Waals surface area contributed by atoms with Gasteiger partial charge in [0.15, 0.2) is 0 Å². The van der Waals surface area contributed by atoms with E-state index in [2.05, 4.69) is 0 Å². The van der Waals surface area contributed by atoms with E-state index in [-0.39, 0.29) is 23.3 Å². The molecule has 1 aromatic heterocycles. The van der Waals surface area contributed by atoms with Gasteiger partial charge in [0.25, 0.3) is 5.56 Å². The molecule has 0 unspecified atom stereocenters. The Hall–Kier alpha value is -2.40. The summed E-state index contributed by atoms with van der Waals surface area (Å²) in [6.07, 6.45) is 0.819. The summed E-state index contributed by atoms with van der Waals surface area (Å²) in [7, 11) is -3.74. The molecule has 2 rings (SSSR count). The lowest BCUT2D eigenvalue weighted by molar-refractivity contribution is -0.133. The number of pyridine rings is 1. The van der Waals surface area contributed by atoms with Gasteiger partial charge in [0.2, 0.25) is 15.9 Å². The predicted molar refractivity (Wildman–Crippen MR) is 115 cm³/mol. The van der Waals surface area contributed by atoms with Gasteiger partial charge in [-0.05, 0) is 12.0 Å². The Labute approximate surface area is 183 Å². The Balaban J connectivity index is 2.03. The molecule has 1 aliphatic rings. The molecule has 1 aromatic rings. The summed E-state index contributed by atoms with van der Waals surface area (Å²) in [5.41, 5.74) is -0.456. The number of sulfonamides is 1. The van der Waals surface area contributed by atoms with E-state index in [1.54, 1.807) is 23.6 Å². The van der Waals surface area contributed by atoms with Crippen molar-refractivity contribution in [3.05, 3.63) is 28.7 Å². The Morgan fingerprint density at radius 2 is 1.65 bits per heavy atom. The summed E-state index contributed by atoms with van der Waals surface area (Å²) < 4.78 is 33.0. The van der Waals surface area contributed by atoms with Crippen LogP contribution in [-0.2, 0) is 26.1 Å². The minimum absolute atomic E-state index is 0.0266. The summed E-state index contributed by atoms with van der Waals surface area (Å²) in [6.45, 7) is 9.39. The van der Waals surface area contributed by atoms with Crippen LogP contribution in [0.1, 0.15) is 27.7 Å². The fourth-order valence-corrected chi connectivity index (χ4v) is 4.69. The van der Waals surface area contributed by atoms with E-state index in [1.165, 1.54) is 16.6 Å². The lowest BCUT2D eigenvalue weighted by Crippen LogP contribution is -2.51. The molecule has 174 valence electrons. The van der Waals surface area contributed by atoms with Gasteiger partial charge in [0.1, 0.15) is 6.54 Å². The second-order valence-electron chi connectivity index (χ2n) is 7.76. The van der Waals surface area contributed by atoms with Crippen LogP contribution in [0.5, 0.6) is 0 Å². The number of hydrogen-bond acceptors (Lipinski definition) is 6. The summed E-state index contributed by atoms with van der Waals surface area (Å²) in [6, 6.07) is 2.42. The zero-order chi connectivity index (χ0) is 23.2. The molecule has 0 spiro atoms. The molecule has 10 nitrogen and oxygen atoms in total. The van der Waals surface area contributed by atoms with Crippen molar-refractivity contribution in [3.63, 3.8) is 0 Å². The topological polar surface area (TPSA) is 109 Å². The molecule has 1 saturated heterocycles. The van der Waals surface area contributed by atoms with Gasteiger partial charge < -0.3 is 19.1 Å². The number of amides is 2. The van der Waals surface area contributed by atoms with Crippen LogP contribution in [0, 0.1) is 5.92 Å². The third-order valence-electron chi connectivity index (χ3n) is 5.04. The summed E-state index contributed by atoms with van der Waals surface area (Å²) in [5.74, 6) is -0.0684. The first-order valence-corrected chi connectivity index (χ1v) is 11.9. The van der Waals surface area contributed by atoms with Crippen LogP contribution in [0.15, 0.2) is 28.0 Å². The standard InChI is InChI=1S/C20H32N4O6S/c1-5-24(6-2)31(28,29)17-7-8-18(25)23(13-17)14-19(26)21-9-11-22(12-10-21)20(27)30-15-16(3)4/h7-8,13,16H,5-6,9-12,14-15H2,1-4H3. The highest BCUT2D eigenvalue weighted by molar-refractivity contribution is 7.89. The number of carbonyl (C=O) groups is 2. The molecule has 0 N–H and O–H groups in total. The van der Waals surface area contributed by atoms with Gasteiger partial charge in [-0.3, -0.25) is 9.59 Å². The maximum Gasteiger partial charge on any atom is 0.409 e. The number of carbonyl (C=O) groups excluding carboxylic acids is 2. The zero-order valence-electron chi connectivity index (χ0n) is 18.6. The van der Waals surface area contributed by atoms with Crippen molar-refractivity contribution < 1.29 is 22.7 Å². The molecule has 0 saturated carbocycles. The van der Waals surface area contributed by atoms with E-state index in [9.17, 15) is 22.8 Å². The molecule has 2 heterocycles. The Morgan fingerprint density at radius 1 is 1.06 bits per heavy atom. The zero-order valence-corrected chi connectivity index (χ0v) is 19.4. The van der Waals surface area contributed by atoms with Gasteiger partial charge in [-0.15, -0.1) is 0 Å². The fraction of sp³-hybridized carbons (Fsp3) is 0.650. The van der Waals surface area contributed by atoms with E-state index >= 15 is 0 Å². The minimum Gasteiger partial charge on any atom is -0.449 e. The number of aromatic nitrogens is 1. The average molecular weight is 457 g/mol. The number of ether oxygens (including phenoxy) is 1. The Morgan fingerprint density at radius 3 is 2.19 bits per heavy atom. The molecule has 0 aliphatic carbocycles. The number of rotatable bonds is 8. The van der Waals surface area contributed by atoms with Crippen LogP contribution >= 0.6 is 0 Å². The van der Waals surface area contributed by atoms with Crippen molar-refractivity contribution in [2.75, 3.05) is 45.9 Å². The van der Waals surface area contributed by atoms with Crippen molar-refractivity contribution in [1.29, 1.82) is 0 Å². The molecule has 0 aromatic carbocycles. The van der Waals surface area contributed by atoms with E-state index in [0.29, 0.717) is 45.9 Å². The van der Waals surface area contributed by atoms with Crippen LogP contribution in [-0.4, -0.2) is 85.0 Å². The first-order chi connectivity index (χ1) is 14.6. The molecular formula is C20H32N4O6S. The third kappa shape index (κ3) is 6.30. The van der Waals surface area contributed by atoms with Crippen molar-refractivity contribution in [2.45, 2.75) is 39.1 Å². The Kier molecular flexibility index (Phi) is 8.63. The van der Waals surface area contributed by atoms with Crippen LogP contribution in [0.25, 0.3) is 0 Å². The maximum absolute atomic E-state index is 12.7. The van der Waals surface area contributed by atoms with Gasteiger partial charge in [0, 0.05) is 51.5 Å².